The van der Waals surface area contributed by atoms with E-state index in [1.165, 1.54) is 24.6 Å². The number of Topliss-reactive ketones (excluding diaryl/α,β-unsaturated/α-hetero) is 1. The second-order valence-corrected chi connectivity index (χ2v) is 6.42. The van der Waals surface area contributed by atoms with Gasteiger partial charge < -0.3 is 0 Å². The zero-order chi connectivity index (χ0) is 15.5. The summed E-state index contributed by atoms with van der Waals surface area (Å²) in [6, 6.07) is 4.20. The number of piperidine rings is 1. The Morgan fingerprint density at radius 1 is 1.33 bits per heavy atom. The van der Waals surface area contributed by atoms with Gasteiger partial charge in [0.15, 0.2) is 5.78 Å². The number of ketones is 1. The number of rotatable bonds is 5. The fraction of sp³-hybridized carbons (Fsp3) is 0.588. The van der Waals surface area contributed by atoms with E-state index in [9.17, 15) is 9.18 Å². The van der Waals surface area contributed by atoms with E-state index in [4.69, 9.17) is 11.6 Å². The third-order valence-corrected chi connectivity index (χ3v) is 5.07. The van der Waals surface area contributed by atoms with Gasteiger partial charge in [0.05, 0.1) is 5.54 Å². The number of benzene rings is 1. The molecular formula is C17H23ClFNO. The van der Waals surface area contributed by atoms with E-state index in [0.717, 1.165) is 32.4 Å². The molecule has 0 aromatic heterocycles. The van der Waals surface area contributed by atoms with E-state index in [1.54, 1.807) is 0 Å². The maximum atomic E-state index is 13.4. The van der Waals surface area contributed by atoms with Crippen LogP contribution in [0.3, 0.4) is 0 Å². The van der Waals surface area contributed by atoms with E-state index in [1.807, 2.05) is 13.8 Å². The predicted molar refractivity (Wildman–Crippen MR) is 84.2 cm³/mol. The fourth-order valence-corrected chi connectivity index (χ4v) is 3.21. The molecule has 116 valence electrons. The van der Waals surface area contributed by atoms with Crippen molar-refractivity contribution in [2.75, 3.05) is 13.1 Å². The molecule has 1 heterocycles. The number of nitrogens with zero attached hydrogens (tertiary/aromatic N) is 1. The molecular weight excluding hydrogens is 289 g/mol. The van der Waals surface area contributed by atoms with Crippen molar-refractivity contribution in [2.24, 2.45) is 0 Å². The average Bonchev–Trinajstić information content (AvgIpc) is 2.51. The Balaban J connectivity index is 2.17. The molecule has 4 heteroatoms. The number of halogens is 2. The number of hydrogen-bond donors (Lipinski definition) is 0. The van der Waals surface area contributed by atoms with Crippen molar-refractivity contribution >= 4 is 17.4 Å². The van der Waals surface area contributed by atoms with Crippen molar-refractivity contribution in [1.82, 2.24) is 4.90 Å². The molecule has 1 fully saturated rings. The topological polar surface area (TPSA) is 20.3 Å². The quantitative estimate of drug-likeness (QED) is 0.810. The van der Waals surface area contributed by atoms with Gasteiger partial charge in [0.25, 0.3) is 0 Å². The first-order valence-corrected chi connectivity index (χ1v) is 8.07. The molecule has 0 amide bonds. The van der Waals surface area contributed by atoms with Crippen LogP contribution in [-0.2, 0) is 11.2 Å². The highest BCUT2D eigenvalue weighted by molar-refractivity contribution is 6.31. The van der Waals surface area contributed by atoms with E-state index in [-0.39, 0.29) is 18.0 Å². The molecule has 0 N–H and O–H groups in total. The number of hydrogen-bond acceptors (Lipinski definition) is 2. The standard InChI is InChI=1S/C17H23ClFNO/c1-3-17(2,20-9-5-4-6-10-20)16(21)12-13-11-14(19)7-8-15(13)18/h7-8,11H,3-6,9-10,12H2,1-2H3. The molecule has 0 radical (unpaired) electrons. The zero-order valence-electron chi connectivity index (χ0n) is 12.8. The highest BCUT2D eigenvalue weighted by atomic mass is 35.5. The highest BCUT2D eigenvalue weighted by Gasteiger charge is 2.37. The summed E-state index contributed by atoms with van der Waals surface area (Å²) in [4.78, 5) is 15.1. The summed E-state index contributed by atoms with van der Waals surface area (Å²) in [5.41, 5.74) is 0.106. The zero-order valence-corrected chi connectivity index (χ0v) is 13.5. The van der Waals surface area contributed by atoms with Gasteiger partial charge in [-0.1, -0.05) is 24.9 Å². The summed E-state index contributed by atoms with van der Waals surface area (Å²) < 4.78 is 13.4. The van der Waals surface area contributed by atoms with Crippen LogP contribution in [0, 0.1) is 5.82 Å². The van der Waals surface area contributed by atoms with Crippen molar-refractivity contribution in [3.05, 3.63) is 34.6 Å². The molecule has 1 aliphatic heterocycles. The monoisotopic (exact) mass is 311 g/mol. The molecule has 2 nitrogen and oxygen atoms in total. The van der Waals surface area contributed by atoms with Gasteiger partial charge in [0, 0.05) is 11.4 Å². The largest absolute Gasteiger partial charge is 0.297 e. The number of carbonyl (C=O) groups is 1. The van der Waals surface area contributed by atoms with Gasteiger partial charge >= 0.3 is 0 Å². The Bertz CT molecular complexity index is 514. The normalized spacial score (nSPS) is 19.2. The molecule has 1 saturated heterocycles. The molecule has 1 aliphatic rings. The van der Waals surface area contributed by atoms with E-state index in [2.05, 4.69) is 4.90 Å². The lowest BCUT2D eigenvalue weighted by Crippen LogP contribution is -2.54. The second-order valence-electron chi connectivity index (χ2n) is 6.01. The molecule has 1 aromatic rings. The molecule has 0 bridgehead atoms. The minimum atomic E-state index is -0.476. The Morgan fingerprint density at radius 2 is 2.00 bits per heavy atom. The van der Waals surface area contributed by atoms with E-state index < -0.39 is 5.54 Å². The van der Waals surface area contributed by atoms with Gasteiger partial charge in [-0.2, -0.15) is 0 Å². The first-order valence-electron chi connectivity index (χ1n) is 7.69. The van der Waals surface area contributed by atoms with Crippen LogP contribution < -0.4 is 0 Å². The van der Waals surface area contributed by atoms with Crippen LogP contribution in [0.1, 0.15) is 45.1 Å². The second kappa shape index (κ2) is 6.89. The molecule has 1 aromatic carbocycles. The van der Waals surface area contributed by atoms with Crippen LogP contribution in [0.4, 0.5) is 4.39 Å². The minimum Gasteiger partial charge on any atom is -0.297 e. The van der Waals surface area contributed by atoms with Crippen molar-refractivity contribution in [1.29, 1.82) is 0 Å². The highest BCUT2D eigenvalue weighted by Crippen LogP contribution is 2.28. The average molecular weight is 312 g/mol. The minimum absolute atomic E-state index is 0.124. The SMILES string of the molecule is CCC(C)(C(=O)Cc1cc(F)ccc1Cl)N1CCCCC1. The fourth-order valence-electron chi connectivity index (χ4n) is 3.03. The first kappa shape index (κ1) is 16.4. The van der Waals surface area contributed by atoms with Crippen LogP contribution in [-0.4, -0.2) is 29.3 Å². The van der Waals surface area contributed by atoms with Crippen LogP contribution in [0.5, 0.6) is 0 Å². The van der Waals surface area contributed by atoms with Gasteiger partial charge in [0.2, 0.25) is 0 Å². The third-order valence-electron chi connectivity index (χ3n) is 4.70. The Labute approximate surface area is 131 Å². The molecule has 1 atom stereocenters. The summed E-state index contributed by atoms with van der Waals surface area (Å²) in [5, 5.41) is 0.460. The Hall–Kier alpha value is -0.930. The lowest BCUT2D eigenvalue weighted by molar-refractivity contribution is -0.130. The molecule has 2 rings (SSSR count). The van der Waals surface area contributed by atoms with Crippen LogP contribution >= 0.6 is 11.6 Å². The summed E-state index contributed by atoms with van der Waals surface area (Å²) in [6.45, 7) is 5.98. The number of likely N-dealkylation sites (tertiary alicyclic amines) is 1. The summed E-state index contributed by atoms with van der Waals surface area (Å²) in [6.07, 6.45) is 4.48. The Morgan fingerprint density at radius 3 is 2.62 bits per heavy atom. The molecule has 21 heavy (non-hydrogen) atoms. The predicted octanol–water partition coefficient (Wildman–Crippen LogP) is 4.25. The van der Waals surface area contributed by atoms with Gasteiger partial charge in [-0.25, -0.2) is 4.39 Å². The lowest BCUT2D eigenvalue weighted by Gasteiger charge is -2.42. The van der Waals surface area contributed by atoms with Gasteiger partial charge in [-0.05, 0) is 63.0 Å². The maximum absolute atomic E-state index is 13.4. The lowest BCUT2D eigenvalue weighted by atomic mass is 9.86. The van der Waals surface area contributed by atoms with E-state index in [0.29, 0.717) is 10.6 Å². The van der Waals surface area contributed by atoms with Crippen molar-refractivity contribution in [3.8, 4) is 0 Å². The van der Waals surface area contributed by atoms with Gasteiger partial charge in [-0.15, -0.1) is 0 Å². The van der Waals surface area contributed by atoms with Crippen LogP contribution in [0.15, 0.2) is 18.2 Å². The van der Waals surface area contributed by atoms with Gasteiger partial charge in [-0.3, -0.25) is 9.69 Å². The van der Waals surface area contributed by atoms with Crippen molar-refractivity contribution in [3.63, 3.8) is 0 Å². The number of carbonyl (C=O) groups excluding carboxylic acids is 1. The van der Waals surface area contributed by atoms with Crippen molar-refractivity contribution < 1.29 is 9.18 Å². The Kier molecular flexibility index (Phi) is 5.39. The molecule has 0 spiro atoms. The van der Waals surface area contributed by atoms with Crippen molar-refractivity contribution in [2.45, 2.75) is 51.5 Å². The van der Waals surface area contributed by atoms with Crippen LogP contribution in [0.2, 0.25) is 5.02 Å². The summed E-state index contributed by atoms with van der Waals surface area (Å²) in [7, 11) is 0. The first-order chi connectivity index (χ1) is 9.97. The third kappa shape index (κ3) is 3.64. The molecule has 1 unspecified atom stereocenters. The summed E-state index contributed by atoms with van der Waals surface area (Å²) >= 11 is 6.09. The maximum Gasteiger partial charge on any atom is 0.157 e. The molecule has 0 aliphatic carbocycles. The van der Waals surface area contributed by atoms with E-state index >= 15 is 0 Å². The summed E-state index contributed by atoms with van der Waals surface area (Å²) in [5.74, 6) is -0.224. The van der Waals surface area contributed by atoms with Gasteiger partial charge in [0.1, 0.15) is 5.82 Å². The smallest absolute Gasteiger partial charge is 0.157 e. The molecule has 0 saturated carbocycles. The van der Waals surface area contributed by atoms with Crippen LogP contribution in [0.25, 0.3) is 0 Å².